The number of amides is 1. The maximum absolute atomic E-state index is 11.9. The van der Waals surface area contributed by atoms with E-state index in [2.05, 4.69) is 20.3 Å². The minimum absolute atomic E-state index is 0.0244. The van der Waals surface area contributed by atoms with Gasteiger partial charge in [0, 0.05) is 31.4 Å². The van der Waals surface area contributed by atoms with Gasteiger partial charge in [-0.1, -0.05) is 12.1 Å². The van der Waals surface area contributed by atoms with E-state index in [1.807, 2.05) is 24.3 Å². The van der Waals surface area contributed by atoms with Gasteiger partial charge in [-0.05, 0) is 24.3 Å². The molecule has 3 aromatic rings. The molecule has 0 radical (unpaired) electrons. The monoisotopic (exact) mass is 319 g/mol. The van der Waals surface area contributed by atoms with Crippen LogP contribution in [0.15, 0.2) is 61.2 Å². The van der Waals surface area contributed by atoms with Gasteiger partial charge in [-0.15, -0.1) is 0 Å². The quantitative estimate of drug-likeness (QED) is 0.800. The van der Waals surface area contributed by atoms with Gasteiger partial charge in [0.15, 0.2) is 0 Å². The van der Waals surface area contributed by atoms with E-state index in [1.54, 1.807) is 55.9 Å². The average Bonchev–Trinajstić information content (AvgIpc) is 2.63. The van der Waals surface area contributed by atoms with Crippen LogP contribution in [0.1, 0.15) is 10.4 Å². The minimum atomic E-state index is -0.0244. The van der Waals surface area contributed by atoms with Crippen LogP contribution in [-0.4, -0.2) is 39.9 Å². The summed E-state index contributed by atoms with van der Waals surface area (Å²) in [4.78, 5) is 26.3. The van der Waals surface area contributed by atoms with E-state index in [1.165, 1.54) is 0 Å². The molecule has 0 bridgehead atoms. The van der Waals surface area contributed by atoms with Gasteiger partial charge in [0.1, 0.15) is 5.82 Å². The number of carbonyl (C=O) groups is 1. The Bertz CT molecular complexity index is 814. The molecule has 6 heteroatoms. The molecule has 6 nitrogen and oxygen atoms in total. The SMILES string of the molecule is CN(C)C(=O)c1ccc(-c2cnc(Nc3cccnc3)cn2)cc1. The predicted molar refractivity (Wildman–Crippen MR) is 93.0 cm³/mol. The zero-order chi connectivity index (χ0) is 16.9. The molecule has 24 heavy (non-hydrogen) atoms. The largest absolute Gasteiger partial charge is 0.345 e. The number of hydrogen-bond acceptors (Lipinski definition) is 5. The maximum Gasteiger partial charge on any atom is 0.253 e. The molecular formula is C18H17N5O. The number of carbonyl (C=O) groups excluding carboxylic acids is 1. The fourth-order valence-electron chi connectivity index (χ4n) is 2.17. The van der Waals surface area contributed by atoms with Crippen molar-refractivity contribution in [1.82, 2.24) is 19.9 Å². The molecule has 0 aliphatic carbocycles. The summed E-state index contributed by atoms with van der Waals surface area (Å²) >= 11 is 0. The second-order valence-corrected chi connectivity index (χ2v) is 5.43. The third kappa shape index (κ3) is 3.55. The molecule has 3 rings (SSSR count). The van der Waals surface area contributed by atoms with Crippen molar-refractivity contribution < 1.29 is 4.79 Å². The summed E-state index contributed by atoms with van der Waals surface area (Å²) in [5, 5.41) is 3.13. The Hall–Kier alpha value is -3.28. The highest BCUT2D eigenvalue weighted by Gasteiger charge is 2.08. The molecule has 120 valence electrons. The van der Waals surface area contributed by atoms with Gasteiger partial charge in [0.25, 0.3) is 5.91 Å². The van der Waals surface area contributed by atoms with E-state index in [9.17, 15) is 4.79 Å². The molecule has 0 aliphatic heterocycles. The van der Waals surface area contributed by atoms with Gasteiger partial charge in [-0.3, -0.25) is 14.8 Å². The molecule has 0 atom stereocenters. The molecule has 0 fully saturated rings. The van der Waals surface area contributed by atoms with Crippen molar-refractivity contribution in [3.05, 3.63) is 66.7 Å². The summed E-state index contributed by atoms with van der Waals surface area (Å²) in [6.07, 6.45) is 6.80. The lowest BCUT2D eigenvalue weighted by atomic mass is 10.1. The van der Waals surface area contributed by atoms with E-state index < -0.39 is 0 Å². The van der Waals surface area contributed by atoms with Crippen LogP contribution in [0.4, 0.5) is 11.5 Å². The maximum atomic E-state index is 11.9. The van der Waals surface area contributed by atoms with E-state index in [0.29, 0.717) is 11.4 Å². The number of benzene rings is 1. The second kappa shape index (κ2) is 6.87. The number of hydrogen-bond donors (Lipinski definition) is 1. The molecule has 0 aliphatic rings. The van der Waals surface area contributed by atoms with Crippen LogP contribution in [0, 0.1) is 0 Å². The fraction of sp³-hybridized carbons (Fsp3) is 0.111. The van der Waals surface area contributed by atoms with E-state index >= 15 is 0 Å². The zero-order valence-electron chi connectivity index (χ0n) is 13.5. The predicted octanol–water partition coefficient (Wildman–Crippen LogP) is 2.98. The molecule has 0 saturated carbocycles. The Labute approximate surface area is 140 Å². The lowest BCUT2D eigenvalue weighted by Gasteiger charge is -2.10. The van der Waals surface area contributed by atoms with E-state index in [-0.39, 0.29) is 5.91 Å². The van der Waals surface area contributed by atoms with Crippen LogP contribution >= 0.6 is 0 Å². The number of nitrogens with zero attached hydrogens (tertiary/aromatic N) is 4. The number of nitrogens with one attached hydrogen (secondary N) is 1. The second-order valence-electron chi connectivity index (χ2n) is 5.43. The van der Waals surface area contributed by atoms with Crippen LogP contribution in [0.5, 0.6) is 0 Å². The van der Waals surface area contributed by atoms with Gasteiger partial charge in [0.05, 0.1) is 30.0 Å². The van der Waals surface area contributed by atoms with E-state index in [0.717, 1.165) is 16.9 Å². The van der Waals surface area contributed by atoms with Gasteiger partial charge in [0.2, 0.25) is 0 Å². The van der Waals surface area contributed by atoms with Crippen molar-refractivity contribution in [1.29, 1.82) is 0 Å². The minimum Gasteiger partial charge on any atom is -0.345 e. The number of pyridine rings is 1. The first-order valence-electron chi connectivity index (χ1n) is 7.44. The van der Waals surface area contributed by atoms with Crippen LogP contribution in [-0.2, 0) is 0 Å². The van der Waals surface area contributed by atoms with Crippen LogP contribution in [0.3, 0.4) is 0 Å². The summed E-state index contributed by atoms with van der Waals surface area (Å²) in [6, 6.07) is 11.1. The summed E-state index contributed by atoms with van der Waals surface area (Å²) < 4.78 is 0. The number of anilines is 2. The first kappa shape index (κ1) is 15.6. The van der Waals surface area contributed by atoms with Gasteiger partial charge >= 0.3 is 0 Å². The van der Waals surface area contributed by atoms with Crippen molar-refractivity contribution in [3.63, 3.8) is 0 Å². The molecular weight excluding hydrogens is 302 g/mol. The smallest absolute Gasteiger partial charge is 0.253 e. The van der Waals surface area contributed by atoms with Gasteiger partial charge in [-0.25, -0.2) is 4.98 Å². The summed E-state index contributed by atoms with van der Waals surface area (Å²) in [5.41, 5.74) is 3.15. The van der Waals surface area contributed by atoms with Crippen molar-refractivity contribution in [2.45, 2.75) is 0 Å². The first-order valence-corrected chi connectivity index (χ1v) is 7.44. The molecule has 1 aromatic carbocycles. The molecule has 2 heterocycles. The summed E-state index contributed by atoms with van der Waals surface area (Å²) in [5.74, 6) is 0.620. The Morgan fingerprint density at radius 3 is 2.38 bits per heavy atom. The van der Waals surface area contributed by atoms with Crippen molar-refractivity contribution in [3.8, 4) is 11.3 Å². The number of rotatable bonds is 4. The zero-order valence-corrected chi connectivity index (χ0v) is 13.5. The topological polar surface area (TPSA) is 71.0 Å². The van der Waals surface area contributed by atoms with Crippen LogP contribution in [0.25, 0.3) is 11.3 Å². The third-order valence-electron chi connectivity index (χ3n) is 3.42. The Balaban J connectivity index is 1.75. The van der Waals surface area contributed by atoms with Crippen molar-refractivity contribution in [2.75, 3.05) is 19.4 Å². The first-order chi connectivity index (χ1) is 11.6. The highest BCUT2D eigenvalue weighted by Crippen LogP contribution is 2.19. The fourth-order valence-corrected chi connectivity index (χ4v) is 2.17. The molecule has 2 aromatic heterocycles. The normalized spacial score (nSPS) is 10.2. The van der Waals surface area contributed by atoms with Gasteiger partial charge in [-0.2, -0.15) is 0 Å². The highest BCUT2D eigenvalue weighted by atomic mass is 16.2. The molecule has 1 amide bonds. The molecule has 0 unspecified atom stereocenters. The van der Waals surface area contributed by atoms with Crippen molar-refractivity contribution in [2.24, 2.45) is 0 Å². The standard InChI is InChI=1S/C18H17N5O/c1-23(2)18(24)14-7-5-13(6-8-14)16-11-21-17(12-20-16)22-15-4-3-9-19-10-15/h3-12H,1-2H3,(H,21,22). The third-order valence-corrected chi connectivity index (χ3v) is 3.42. The van der Waals surface area contributed by atoms with Crippen LogP contribution < -0.4 is 5.32 Å². The lowest BCUT2D eigenvalue weighted by Crippen LogP contribution is -2.21. The highest BCUT2D eigenvalue weighted by molar-refractivity contribution is 5.94. The lowest BCUT2D eigenvalue weighted by molar-refractivity contribution is 0.0827. The molecule has 1 N–H and O–H groups in total. The summed E-state index contributed by atoms with van der Waals surface area (Å²) in [6.45, 7) is 0. The van der Waals surface area contributed by atoms with Crippen molar-refractivity contribution >= 4 is 17.4 Å². The number of aromatic nitrogens is 3. The Morgan fingerprint density at radius 2 is 1.79 bits per heavy atom. The van der Waals surface area contributed by atoms with Gasteiger partial charge < -0.3 is 10.2 Å². The molecule has 0 saturated heterocycles. The Kier molecular flexibility index (Phi) is 4.47. The Morgan fingerprint density at radius 1 is 1.00 bits per heavy atom. The van der Waals surface area contributed by atoms with E-state index in [4.69, 9.17) is 0 Å². The average molecular weight is 319 g/mol. The molecule has 0 spiro atoms. The summed E-state index contributed by atoms with van der Waals surface area (Å²) in [7, 11) is 3.46. The van der Waals surface area contributed by atoms with Crippen LogP contribution in [0.2, 0.25) is 0 Å².